The van der Waals surface area contributed by atoms with Crippen LogP contribution in [0, 0.1) is 0 Å². The van der Waals surface area contributed by atoms with Crippen LogP contribution in [0.15, 0.2) is 35.7 Å². The molecule has 0 unspecified atom stereocenters. The van der Waals surface area contributed by atoms with Crippen LogP contribution in [0.3, 0.4) is 0 Å². The van der Waals surface area contributed by atoms with Crippen LogP contribution in [-0.2, 0) is 10.3 Å². The summed E-state index contributed by atoms with van der Waals surface area (Å²) in [5.74, 6) is 0.494. The van der Waals surface area contributed by atoms with E-state index in [2.05, 4.69) is 53.8 Å². The molecule has 3 rings (SSSR count). The van der Waals surface area contributed by atoms with Gasteiger partial charge in [-0.2, -0.15) is 0 Å². The van der Waals surface area contributed by atoms with Gasteiger partial charge >= 0.3 is 0 Å². The Morgan fingerprint density at radius 3 is 2.52 bits per heavy atom. The Morgan fingerprint density at radius 1 is 1.11 bits per heavy atom. The van der Waals surface area contributed by atoms with Gasteiger partial charge in [0.2, 0.25) is 0 Å². The van der Waals surface area contributed by atoms with Gasteiger partial charge in [-0.3, -0.25) is 0 Å². The zero-order valence-electron chi connectivity index (χ0n) is 16.7. The lowest BCUT2D eigenvalue weighted by molar-refractivity contribution is 0.129. The number of nitrogens with zero attached hydrogens (tertiary/aromatic N) is 4. The molecule has 1 aromatic carbocycles. The van der Waals surface area contributed by atoms with Crippen molar-refractivity contribution in [2.75, 3.05) is 32.0 Å². The molecule has 0 saturated carbocycles. The molecule has 2 aromatic rings. The molecular weight excluding hydrogens is 338 g/mol. The van der Waals surface area contributed by atoms with Crippen molar-refractivity contribution >= 4 is 11.5 Å². The van der Waals surface area contributed by atoms with Gasteiger partial charge in [-0.15, -0.1) is 0 Å². The maximum absolute atomic E-state index is 6.22. The molecule has 0 bridgehead atoms. The fraction of sp³-hybridized carbons (Fsp3) is 0.476. The number of oxime groups is 1. The first-order chi connectivity index (χ1) is 13.0. The predicted molar refractivity (Wildman–Crippen MR) is 110 cm³/mol. The second-order valence-electron chi connectivity index (χ2n) is 7.31. The molecule has 0 saturated heterocycles. The largest absolute Gasteiger partial charge is 0.396 e. The number of anilines is 1. The number of benzene rings is 1. The zero-order chi connectivity index (χ0) is 19.4. The van der Waals surface area contributed by atoms with Crippen LogP contribution >= 0.6 is 0 Å². The molecule has 6 nitrogen and oxygen atoms in total. The van der Waals surface area contributed by atoms with Gasteiger partial charge in [0.15, 0.2) is 0 Å². The highest BCUT2D eigenvalue weighted by atomic mass is 16.6. The average Bonchev–Trinajstić information content (AvgIpc) is 2.66. The number of aromatic nitrogens is 2. The van der Waals surface area contributed by atoms with Crippen LogP contribution in [0.1, 0.15) is 45.2 Å². The third-order valence-electron chi connectivity index (χ3n) is 5.29. The molecular formula is C21H29N5O. The first-order valence-corrected chi connectivity index (χ1v) is 9.64. The minimum Gasteiger partial charge on any atom is -0.396 e. The molecule has 0 amide bonds. The van der Waals surface area contributed by atoms with Gasteiger partial charge in [0.05, 0.1) is 11.4 Å². The van der Waals surface area contributed by atoms with Crippen LogP contribution in [0.5, 0.6) is 0 Å². The Kier molecular flexibility index (Phi) is 5.75. The topological polar surface area (TPSA) is 76.6 Å². The summed E-state index contributed by atoms with van der Waals surface area (Å²) >= 11 is 0. The Hall–Kier alpha value is -2.47. The molecule has 144 valence electrons. The third-order valence-corrected chi connectivity index (χ3v) is 5.29. The Bertz CT molecular complexity index is 827. The van der Waals surface area contributed by atoms with Gasteiger partial charge in [0.25, 0.3) is 0 Å². The fourth-order valence-electron chi connectivity index (χ4n) is 3.74. The molecule has 1 aliphatic rings. The number of fused-ring (bicyclic) bond motifs is 3. The summed E-state index contributed by atoms with van der Waals surface area (Å²) in [6.07, 6.45) is 2.47. The summed E-state index contributed by atoms with van der Waals surface area (Å²) in [7, 11) is 0. The standard InChI is InChI=1S/C21H29N5O/c1-5-26(6-2)12-9-13-27-25-19-16-11-8-7-10-15(16)18-17(21(19,3)4)20(22)24-14-23-18/h7-8,10-11,14H,5-6,9,12-13H2,1-4H3,(H2,22,23,24). The predicted octanol–water partition coefficient (Wildman–Crippen LogP) is 3.47. The normalized spacial score (nSPS) is 16.3. The van der Waals surface area contributed by atoms with Crippen molar-refractivity contribution in [3.05, 3.63) is 41.7 Å². The van der Waals surface area contributed by atoms with E-state index in [1.807, 2.05) is 18.2 Å². The van der Waals surface area contributed by atoms with Gasteiger partial charge in [-0.05, 0) is 33.4 Å². The second-order valence-corrected chi connectivity index (χ2v) is 7.31. The van der Waals surface area contributed by atoms with Crippen LogP contribution in [0.2, 0.25) is 0 Å². The summed E-state index contributed by atoms with van der Waals surface area (Å²) in [4.78, 5) is 16.8. The van der Waals surface area contributed by atoms with Crippen molar-refractivity contribution < 1.29 is 4.84 Å². The van der Waals surface area contributed by atoms with E-state index in [-0.39, 0.29) is 0 Å². The minimum absolute atomic E-state index is 0.437. The smallest absolute Gasteiger partial charge is 0.131 e. The van der Waals surface area contributed by atoms with Crippen molar-refractivity contribution in [2.24, 2.45) is 5.16 Å². The van der Waals surface area contributed by atoms with Crippen molar-refractivity contribution in [2.45, 2.75) is 39.5 Å². The summed E-state index contributed by atoms with van der Waals surface area (Å²) in [6, 6.07) is 8.13. The molecule has 27 heavy (non-hydrogen) atoms. The van der Waals surface area contributed by atoms with Crippen molar-refractivity contribution in [3.63, 3.8) is 0 Å². The van der Waals surface area contributed by atoms with Crippen LogP contribution in [-0.4, -0.2) is 46.8 Å². The van der Waals surface area contributed by atoms with Gasteiger partial charge in [-0.1, -0.05) is 43.3 Å². The quantitative estimate of drug-likeness (QED) is 0.599. The van der Waals surface area contributed by atoms with E-state index in [0.717, 1.165) is 54.2 Å². The van der Waals surface area contributed by atoms with E-state index >= 15 is 0 Å². The maximum Gasteiger partial charge on any atom is 0.131 e. The van der Waals surface area contributed by atoms with Crippen molar-refractivity contribution in [1.29, 1.82) is 0 Å². The molecule has 0 spiro atoms. The molecule has 1 aromatic heterocycles. The maximum atomic E-state index is 6.22. The number of hydrogen-bond donors (Lipinski definition) is 1. The highest BCUT2D eigenvalue weighted by Crippen LogP contribution is 2.44. The third kappa shape index (κ3) is 3.67. The highest BCUT2D eigenvalue weighted by molar-refractivity contribution is 6.15. The van der Waals surface area contributed by atoms with Gasteiger partial charge in [0, 0.05) is 28.7 Å². The van der Waals surface area contributed by atoms with Crippen molar-refractivity contribution in [1.82, 2.24) is 14.9 Å². The van der Waals surface area contributed by atoms with Gasteiger partial charge in [0.1, 0.15) is 18.8 Å². The monoisotopic (exact) mass is 367 g/mol. The Labute approximate surface area is 161 Å². The minimum atomic E-state index is -0.437. The lowest BCUT2D eigenvalue weighted by Crippen LogP contribution is -2.36. The molecule has 0 aliphatic heterocycles. The highest BCUT2D eigenvalue weighted by Gasteiger charge is 2.40. The molecule has 6 heteroatoms. The summed E-state index contributed by atoms with van der Waals surface area (Å²) in [5.41, 5.74) is 10.5. The molecule has 2 N–H and O–H groups in total. The summed E-state index contributed by atoms with van der Waals surface area (Å²) < 4.78 is 0. The molecule has 0 atom stereocenters. The van der Waals surface area contributed by atoms with E-state index in [4.69, 9.17) is 10.6 Å². The van der Waals surface area contributed by atoms with Crippen LogP contribution in [0.4, 0.5) is 5.82 Å². The van der Waals surface area contributed by atoms with E-state index in [9.17, 15) is 0 Å². The zero-order valence-corrected chi connectivity index (χ0v) is 16.7. The van der Waals surface area contributed by atoms with E-state index in [1.54, 1.807) is 0 Å². The molecule has 1 heterocycles. The first kappa shape index (κ1) is 19.3. The first-order valence-electron chi connectivity index (χ1n) is 9.64. The molecule has 0 radical (unpaired) electrons. The van der Waals surface area contributed by atoms with Crippen LogP contribution in [0.25, 0.3) is 11.3 Å². The lowest BCUT2D eigenvalue weighted by atomic mass is 9.70. The van der Waals surface area contributed by atoms with Crippen LogP contribution < -0.4 is 5.73 Å². The fourth-order valence-corrected chi connectivity index (χ4v) is 3.74. The lowest BCUT2D eigenvalue weighted by Gasteiger charge is -2.34. The second kappa shape index (κ2) is 8.05. The Morgan fingerprint density at radius 2 is 1.81 bits per heavy atom. The number of rotatable bonds is 7. The Balaban J connectivity index is 1.88. The summed E-state index contributed by atoms with van der Waals surface area (Å²) in [6.45, 7) is 12.3. The number of nitrogens with two attached hydrogens (primary N) is 1. The van der Waals surface area contributed by atoms with E-state index in [0.29, 0.717) is 12.4 Å². The van der Waals surface area contributed by atoms with E-state index in [1.165, 1.54) is 6.33 Å². The summed E-state index contributed by atoms with van der Waals surface area (Å²) in [5, 5.41) is 4.55. The molecule has 0 fully saturated rings. The number of nitrogen functional groups attached to an aromatic ring is 1. The SMILES string of the molecule is CCN(CC)CCCON=C1c2ccccc2-c2ncnc(N)c2C1(C)C. The van der Waals surface area contributed by atoms with Crippen molar-refractivity contribution in [3.8, 4) is 11.3 Å². The van der Waals surface area contributed by atoms with Gasteiger partial charge in [-0.25, -0.2) is 9.97 Å². The van der Waals surface area contributed by atoms with Gasteiger partial charge < -0.3 is 15.5 Å². The average molecular weight is 367 g/mol. The van der Waals surface area contributed by atoms with E-state index < -0.39 is 5.41 Å². The molecule has 1 aliphatic carbocycles. The number of hydrogen-bond acceptors (Lipinski definition) is 6.